The Kier molecular flexibility index (Phi) is 2.94. The summed E-state index contributed by atoms with van der Waals surface area (Å²) in [6.45, 7) is 0. The van der Waals surface area contributed by atoms with Gasteiger partial charge in [-0.3, -0.25) is 0 Å². The number of carbonyl (C=O) groups excluding carboxylic acids is 1. The molecule has 1 aromatic rings. The van der Waals surface area contributed by atoms with E-state index in [0.29, 0.717) is 6.42 Å². The summed E-state index contributed by atoms with van der Waals surface area (Å²) in [5, 5.41) is 0. The molecule has 0 radical (unpaired) electrons. The third-order valence-corrected chi connectivity index (χ3v) is 3.87. The second kappa shape index (κ2) is 4.06. The molecule has 0 saturated heterocycles. The Balaban J connectivity index is 2.40. The third kappa shape index (κ3) is 1.86. The zero-order valence-electron chi connectivity index (χ0n) is 8.63. The van der Waals surface area contributed by atoms with Gasteiger partial charge in [-0.1, -0.05) is 28.1 Å². The van der Waals surface area contributed by atoms with Crippen molar-refractivity contribution in [3.05, 3.63) is 33.8 Å². The van der Waals surface area contributed by atoms with Gasteiger partial charge in [0.2, 0.25) is 0 Å². The van der Waals surface area contributed by atoms with E-state index in [-0.39, 0.29) is 0 Å². The largest absolute Gasteiger partial charge is 0.370 e. The van der Waals surface area contributed by atoms with Gasteiger partial charge in [-0.2, -0.15) is 0 Å². The highest BCUT2D eigenvalue weighted by Crippen LogP contribution is 2.33. The number of rotatable bonds is 2. The van der Waals surface area contributed by atoms with E-state index in [4.69, 9.17) is 4.74 Å². The van der Waals surface area contributed by atoms with Gasteiger partial charge in [-0.15, -0.1) is 0 Å². The minimum Gasteiger partial charge on any atom is -0.370 e. The minimum absolute atomic E-state index is 0.614. The molecule has 0 aliphatic heterocycles. The van der Waals surface area contributed by atoms with Crippen molar-refractivity contribution < 1.29 is 9.53 Å². The Morgan fingerprint density at radius 3 is 3.00 bits per heavy atom. The molecule has 0 bridgehead atoms. The van der Waals surface area contributed by atoms with Crippen LogP contribution in [-0.2, 0) is 22.4 Å². The lowest BCUT2D eigenvalue weighted by molar-refractivity contribution is -0.128. The van der Waals surface area contributed by atoms with Gasteiger partial charge >= 0.3 is 0 Å². The van der Waals surface area contributed by atoms with E-state index >= 15 is 0 Å². The summed E-state index contributed by atoms with van der Waals surface area (Å²) in [5.74, 6) is 0. The van der Waals surface area contributed by atoms with Crippen molar-refractivity contribution in [2.75, 3.05) is 7.11 Å². The number of aldehydes is 1. The van der Waals surface area contributed by atoms with Gasteiger partial charge in [0, 0.05) is 18.0 Å². The molecule has 0 heterocycles. The van der Waals surface area contributed by atoms with Gasteiger partial charge in [0.1, 0.15) is 5.60 Å². The molecule has 0 aromatic heterocycles. The second-order valence-electron chi connectivity index (χ2n) is 3.94. The molecule has 0 spiro atoms. The molecular formula is C12H13BrO2. The Labute approximate surface area is 97.8 Å². The summed E-state index contributed by atoms with van der Waals surface area (Å²) in [6.07, 6.45) is 3.29. The van der Waals surface area contributed by atoms with Crippen molar-refractivity contribution in [2.45, 2.75) is 24.9 Å². The molecule has 0 amide bonds. The molecule has 2 rings (SSSR count). The van der Waals surface area contributed by atoms with E-state index in [9.17, 15) is 4.79 Å². The van der Waals surface area contributed by atoms with E-state index in [2.05, 4.69) is 22.0 Å². The van der Waals surface area contributed by atoms with Crippen LogP contribution in [0.1, 0.15) is 17.5 Å². The van der Waals surface area contributed by atoms with Gasteiger partial charge in [0.05, 0.1) is 0 Å². The fraction of sp³-hybridized carbons (Fsp3) is 0.417. The molecule has 0 fully saturated rings. The van der Waals surface area contributed by atoms with Crippen molar-refractivity contribution in [3.63, 3.8) is 0 Å². The summed E-state index contributed by atoms with van der Waals surface area (Å²) in [7, 11) is 1.61. The Hall–Kier alpha value is -0.670. The van der Waals surface area contributed by atoms with Gasteiger partial charge in [0.25, 0.3) is 0 Å². The standard InChI is InChI=1S/C12H13BrO2/c1-15-12(8-14)6-5-9-3-2-4-11(13)10(9)7-12/h2-4,8H,5-7H2,1H3. The average Bonchev–Trinajstić information content (AvgIpc) is 2.29. The van der Waals surface area contributed by atoms with Crippen LogP contribution in [0.15, 0.2) is 22.7 Å². The Bertz CT molecular complexity index is 389. The smallest absolute Gasteiger partial charge is 0.152 e. The highest BCUT2D eigenvalue weighted by molar-refractivity contribution is 9.10. The number of fused-ring (bicyclic) bond motifs is 1. The van der Waals surface area contributed by atoms with E-state index in [1.165, 1.54) is 11.1 Å². The number of methoxy groups -OCH3 is 1. The van der Waals surface area contributed by atoms with E-state index < -0.39 is 5.60 Å². The van der Waals surface area contributed by atoms with Crippen molar-refractivity contribution in [1.82, 2.24) is 0 Å². The number of aryl methyl sites for hydroxylation is 1. The van der Waals surface area contributed by atoms with Crippen molar-refractivity contribution in [1.29, 1.82) is 0 Å². The zero-order chi connectivity index (χ0) is 10.9. The molecule has 1 aliphatic carbocycles. The molecule has 15 heavy (non-hydrogen) atoms. The highest BCUT2D eigenvalue weighted by atomic mass is 79.9. The van der Waals surface area contributed by atoms with E-state index in [0.717, 1.165) is 23.6 Å². The molecule has 1 aromatic carbocycles. The van der Waals surface area contributed by atoms with Crippen LogP contribution < -0.4 is 0 Å². The third-order valence-electron chi connectivity index (χ3n) is 3.13. The molecule has 1 unspecified atom stereocenters. The van der Waals surface area contributed by atoms with Crippen LogP contribution in [0.2, 0.25) is 0 Å². The fourth-order valence-electron chi connectivity index (χ4n) is 2.09. The van der Waals surface area contributed by atoms with E-state index in [1.807, 2.05) is 12.1 Å². The number of benzene rings is 1. The van der Waals surface area contributed by atoms with Crippen LogP contribution >= 0.6 is 15.9 Å². The second-order valence-corrected chi connectivity index (χ2v) is 4.80. The van der Waals surface area contributed by atoms with Crippen LogP contribution in [0.25, 0.3) is 0 Å². The van der Waals surface area contributed by atoms with Crippen molar-refractivity contribution in [3.8, 4) is 0 Å². The SMILES string of the molecule is COC1(C=O)CCc2cccc(Br)c2C1. The van der Waals surface area contributed by atoms with Crippen LogP contribution in [0.3, 0.4) is 0 Å². The summed E-state index contributed by atoms with van der Waals surface area (Å²) in [6, 6.07) is 6.16. The number of carbonyl (C=O) groups is 1. The predicted molar refractivity (Wildman–Crippen MR) is 62.0 cm³/mol. The maximum atomic E-state index is 11.1. The molecule has 3 heteroatoms. The first kappa shape index (κ1) is 10.8. The molecule has 2 nitrogen and oxygen atoms in total. The molecule has 1 atom stereocenters. The van der Waals surface area contributed by atoms with E-state index in [1.54, 1.807) is 7.11 Å². The molecule has 0 saturated carbocycles. The maximum Gasteiger partial charge on any atom is 0.152 e. The number of hydrogen-bond acceptors (Lipinski definition) is 2. The first-order chi connectivity index (χ1) is 7.21. The minimum atomic E-state index is -0.614. The lowest BCUT2D eigenvalue weighted by atomic mass is 9.81. The van der Waals surface area contributed by atoms with Gasteiger partial charge in [-0.05, 0) is 30.0 Å². The van der Waals surface area contributed by atoms with Crippen LogP contribution in [0.4, 0.5) is 0 Å². The number of ether oxygens (including phenoxy) is 1. The summed E-state index contributed by atoms with van der Waals surface area (Å²) in [4.78, 5) is 11.1. The average molecular weight is 269 g/mol. The predicted octanol–water partition coefficient (Wildman–Crippen LogP) is 2.52. The zero-order valence-corrected chi connectivity index (χ0v) is 10.2. The van der Waals surface area contributed by atoms with Crippen molar-refractivity contribution in [2.24, 2.45) is 0 Å². The quantitative estimate of drug-likeness (QED) is 0.771. The number of hydrogen-bond donors (Lipinski definition) is 0. The van der Waals surface area contributed by atoms with Gasteiger partial charge < -0.3 is 9.53 Å². The topological polar surface area (TPSA) is 26.3 Å². The number of halogens is 1. The van der Waals surface area contributed by atoms with Crippen LogP contribution in [0, 0.1) is 0 Å². The summed E-state index contributed by atoms with van der Waals surface area (Å²) >= 11 is 3.52. The molecule has 1 aliphatic rings. The monoisotopic (exact) mass is 268 g/mol. The lowest BCUT2D eigenvalue weighted by Gasteiger charge is -2.32. The van der Waals surface area contributed by atoms with Crippen molar-refractivity contribution >= 4 is 22.2 Å². The summed E-state index contributed by atoms with van der Waals surface area (Å²) in [5.41, 5.74) is 1.91. The van der Waals surface area contributed by atoms with Crippen LogP contribution in [-0.4, -0.2) is 19.0 Å². The maximum absolute atomic E-state index is 11.1. The first-order valence-corrected chi connectivity index (χ1v) is 5.78. The molecule has 80 valence electrons. The first-order valence-electron chi connectivity index (χ1n) is 4.98. The Morgan fingerprint density at radius 2 is 2.33 bits per heavy atom. The molecular weight excluding hydrogens is 256 g/mol. The van der Waals surface area contributed by atoms with Gasteiger partial charge in [-0.25, -0.2) is 0 Å². The highest BCUT2D eigenvalue weighted by Gasteiger charge is 2.34. The molecule has 0 N–H and O–H groups in total. The summed E-state index contributed by atoms with van der Waals surface area (Å²) < 4.78 is 6.42. The Morgan fingerprint density at radius 1 is 1.53 bits per heavy atom. The normalized spacial score (nSPS) is 24.7. The van der Waals surface area contributed by atoms with Crippen LogP contribution in [0.5, 0.6) is 0 Å². The lowest BCUT2D eigenvalue weighted by Crippen LogP contribution is -2.39. The van der Waals surface area contributed by atoms with Gasteiger partial charge in [0.15, 0.2) is 6.29 Å². The fourth-order valence-corrected chi connectivity index (χ4v) is 2.64.